The summed E-state index contributed by atoms with van der Waals surface area (Å²) >= 11 is 6.00. The predicted octanol–water partition coefficient (Wildman–Crippen LogP) is 5.51. The number of allylic oxidation sites excluding steroid dienone is 1. The number of amides is 1. The van der Waals surface area contributed by atoms with Gasteiger partial charge in [-0.15, -0.1) is 0 Å². The van der Waals surface area contributed by atoms with E-state index in [0.29, 0.717) is 48.4 Å². The lowest BCUT2D eigenvalue weighted by Gasteiger charge is -2.35. The van der Waals surface area contributed by atoms with E-state index in [1.54, 1.807) is 30.2 Å². The van der Waals surface area contributed by atoms with Crippen LogP contribution in [0.25, 0.3) is 0 Å². The number of ether oxygens (including phenoxy) is 4. The number of esters is 1. The fraction of sp³-hybridized carbons (Fsp3) is 0.531. The summed E-state index contributed by atoms with van der Waals surface area (Å²) in [4.78, 5) is 32.7. The van der Waals surface area contributed by atoms with Gasteiger partial charge in [0.25, 0.3) is 0 Å². The smallest absolute Gasteiger partial charge is 0.336 e. The normalized spacial score (nSPS) is 19.8. The second-order valence-electron chi connectivity index (χ2n) is 12.1. The Bertz CT molecular complexity index is 1260. The fourth-order valence-electron chi connectivity index (χ4n) is 5.18. The highest BCUT2D eigenvalue weighted by Gasteiger charge is 2.38. The van der Waals surface area contributed by atoms with Crippen LogP contribution in [0, 0.1) is 0 Å². The van der Waals surface area contributed by atoms with E-state index in [2.05, 4.69) is 4.98 Å². The van der Waals surface area contributed by atoms with Gasteiger partial charge in [-0.1, -0.05) is 29.8 Å². The second-order valence-corrected chi connectivity index (χ2v) is 12.5. The molecule has 2 aliphatic rings. The molecular formula is C32H42ClN3O6. The van der Waals surface area contributed by atoms with Gasteiger partial charge < -0.3 is 29.6 Å². The van der Waals surface area contributed by atoms with Gasteiger partial charge in [-0.2, -0.15) is 0 Å². The van der Waals surface area contributed by atoms with E-state index in [1.807, 2.05) is 52.0 Å². The highest BCUT2D eigenvalue weighted by molar-refractivity contribution is 6.29. The van der Waals surface area contributed by atoms with Gasteiger partial charge in [-0.05, 0) is 76.8 Å². The Morgan fingerprint density at radius 1 is 1.17 bits per heavy atom. The highest BCUT2D eigenvalue weighted by atomic mass is 35.5. The number of aromatic nitrogens is 1. The van der Waals surface area contributed by atoms with Crippen LogP contribution in [0.4, 0.5) is 0 Å². The maximum atomic E-state index is 13.6. The summed E-state index contributed by atoms with van der Waals surface area (Å²) in [6.45, 7) is 11.1. The average molecular weight is 600 g/mol. The number of hydrogen-bond acceptors (Lipinski definition) is 8. The van der Waals surface area contributed by atoms with Gasteiger partial charge in [0.05, 0.1) is 24.8 Å². The third-order valence-electron chi connectivity index (χ3n) is 7.47. The molecule has 1 amide bonds. The molecule has 2 aromatic rings. The molecule has 1 aromatic carbocycles. The maximum absolute atomic E-state index is 13.6. The lowest BCUT2D eigenvalue weighted by molar-refractivity contribution is -0.141. The molecule has 2 aliphatic heterocycles. The summed E-state index contributed by atoms with van der Waals surface area (Å²) < 4.78 is 23.4. The lowest BCUT2D eigenvalue weighted by Crippen LogP contribution is -2.42. The van der Waals surface area contributed by atoms with E-state index >= 15 is 0 Å². The summed E-state index contributed by atoms with van der Waals surface area (Å²) in [6.07, 6.45) is 4.22. The summed E-state index contributed by atoms with van der Waals surface area (Å²) in [5.74, 6) is -0.313. The number of nitrogens with two attached hydrogens (primary N) is 1. The Balaban J connectivity index is 1.45. The zero-order valence-corrected chi connectivity index (χ0v) is 25.9. The van der Waals surface area contributed by atoms with Crippen molar-refractivity contribution in [3.8, 4) is 5.75 Å². The number of halogens is 1. The molecular weight excluding hydrogens is 558 g/mol. The zero-order valence-electron chi connectivity index (χ0n) is 25.2. The van der Waals surface area contributed by atoms with Crippen molar-refractivity contribution in [1.29, 1.82) is 0 Å². The van der Waals surface area contributed by atoms with Crippen LogP contribution in [-0.4, -0.2) is 58.9 Å². The van der Waals surface area contributed by atoms with Crippen molar-refractivity contribution >= 4 is 23.5 Å². The Kier molecular flexibility index (Phi) is 10.3. The molecule has 0 radical (unpaired) electrons. The second kappa shape index (κ2) is 13.5. The molecule has 2 atom stereocenters. The van der Waals surface area contributed by atoms with Gasteiger partial charge in [-0.3, -0.25) is 4.79 Å². The van der Waals surface area contributed by atoms with Crippen LogP contribution in [0.3, 0.4) is 0 Å². The third-order valence-corrected chi connectivity index (χ3v) is 7.69. The number of carbonyl (C=O) groups excluding carboxylic acids is 2. The monoisotopic (exact) mass is 599 g/mol. The molecule has 228 valence electrons. The van der Waals surface area contributed by atoms with Gasteiger partial charge in [0.15, 0.2) is 0 Å². The van der Waals surface area contributed by atoms with Crippen molar-refractivity contribution in [1.82, 2.24) is 9.88 Å². The Morgan fingerprint density at radius 2 is 1.90 bits per heavy atom. The molecule has 0 spiro atoms. The highest BCUT2D eigenvalue weighted by Crippen LogP contribution is 2.38. The Hall–Kier alpha value is -2.98. The van der Waals surface area contributed by atoms with E-state index in [0.717, 1.165) is 24.0 Å². The summed E-state index contributed by atoms with van der Waals surface area (Å²) in [5.41, 5.74) is 7.33. The SMILES string of the molecule is CC1=C(C(=O)OCc2ccc(OC(C)(C)CCOC(C)(C)N)cc2)[C@H](c2ccc(Cl)nc2)CC(=O)N1C[C@H]1CCCO1. The van der Waals surface area contributed by atoms with Crippen LogP contribution in [0.15, 0.2) is 53.9 Å². The van der Waals surface area contributed by atoms with Crippen molar-refractivity contribution in [3.05, 3.63) is 70.1 Å². The number of hydrogen-bond donors (Lipinski definition) is 1. The number of nitrogens with zero attached hydrogens (tertiary/aromatic N) is 2. The fourth-order valence-corrected chi connectivity index (χ4v) is 5.29. The molecule has 3 heterocycles. The van der Waals surface area contributed by atoms with Gasteiger partial charge in [0.1, 0.15) is 28.8 Å². The lowest BCUT2D eigenvalue weighted by atomic mass is 9.84. The minimum absolute atomic E-state index is 0.0411. The van der Waals surface area contributed by atoms with Crippen LogP contribution < -0.4 is 10.5 Å². The minimum atomic E-state index is -0.689. The quantitative estimate of drug-likeness (QED) is 0.193. The maximum Gasteiger partial charge on any atom is 0.336 e. The number of benzene rings is 1. The molecule has 9 nitrogen and oxygen atoms in total. The molecule has 0 bridgehead atoms. The number of rotatable bonds is 12. The van der Waals surface area contributed by atoms with E-state index < -0.39 is 23.2 Å². The molecule has 0 saturated carbocycles. The van der Waals surface area contributed by atoms with Gasteiger partial charge >= 0.3 is 5.97 Å². The number of carbonyl (C=O) groups is 2. The first-order valence-corrected chi connectivity index (χ1v) is 14.8. The summed E-state index contributed by atoms with van der Waals surface area (Å²) in [5, 5.41) is 0.342. The van der Waals surface area contributed by atoms with Crippen molar-refractivity contribution < 1.29 is 28.5 Å². The molecule has 4 rings (SSSR count). The first kappa shape index (κ1) is 31.9. The first-order chi connectivity index (χ1) is 19.8. The molecule has 0 aliphatic carbocycles. The molecule has 10 heteroatoms. The van der Waals surface area contributed by atoms with Gasteiger partial charge in [0.2, 0.25) is 5.91 Å². The van der Waals surface area contributed by atoms with Gasteiger partial charge in [0, 0.05) is 37.3 Å². The molecule has 2 N–H and O–H groups in total. The van der Waals surface area contributed by atoms with Crippen LogP contribution in [0.5, 0.6) is 5.75 Å². The van der Waals surface area contributed by atoms with E-state index in [4.69, 9.17) is 36.3 Å². The summed E-state index contributed by atoms with van der Waals surface area (Å²) in [6, 6.07) is 10.9. The zero-order chi connectivity index (χ0) is 30.5. The van der Waals surface area contributed by atoms with E-state index in [-0.39, 0.29) is 25.0 Å². The van der Waals surface area contributed by atoms with Crippen LogP contribution in [0.2, 0.25) is 5.15 Å². The molecule has 1 saturated heterocycles. The topological polar surface area (TPSA) is 113 Å². The van der Waals surface area contributed by atoms with Crippen LogP contribution >= 0.6 is 11.6 Å². The summed E-state index contributed by atoms with van der Waals surface area (Å²) in [7, 11) is 0. The first-order valence-electron chi connectivity index (χ1n) is 14.4. The van der Waals surface area contributed by atoms with Crippen LogP contribution in [0.1, 0.15) is 77.3 Å². The van der Waals surface area contributed by atoms with Crippen molar-refractivity contribution in [2.24, 2.45) is 5.73 Å². The number of pyridine rings is 1. The van der Waals surface area contributed by atoms with Gasteiger partial charge in [-0.25, -0.2) is 9.78 Å². The van der Waals surface area contributed by atoms with Crippen LogP contribution in [-0.2, 0) is 30.4 Å². The largest absolute Gasteiger partial charge is 0.488 e. The predicted molar refractivity (Wildman–Crippen MR) is 160 cm³/mol. The van der Waals surface area contributed by atoms with E-state index in [9.17, 15) is 9.59 Å². The third kappa shape index (κ3) is 8.77. The van der Waals surface area contributed by atoms with Crippen molar-refractivity contribution in [2.75, 3.05) is 19.8 Å². The minimum Gasteiger partial charge on any atom is -0.488 e. The standard InChI is InChI=1S/C32H42ClN3O6/c1-21-29(26(23-10-13-27(33)35-18-23)17-28(37)36(21)19-25-7-6-15-39-25)30(38)40-20-22-8-11-24(12-9-22)42-31(2,3)14-16-41-32(4,5)34/h8-13,18,25-26H,6-7,14-17,19-20,34H2,1-5H3/t25-,26+/m1/s1. The molecule has 0 unspecified atom stereocenters. The molecule has 1 aromatic heterocycles. The Morgan fingerprint density at radius 3 is 2.52 bits per heavy atom. The molecule has 1 fully saturated rings. The average Bonchev–Trinajstić information content (AvgIpc) is 3.43. The van der Waals surface area contributed by atoms with Crippen molar-refractivity contribution in [3.63, 3.8) is 0 Å². The van der Waals surface area contributed by atoms with Crippen molar-refractivity contribution in [2.45, 2.75) is 90.3 Å². The Labute approximate surface area is 253 Å². The molecule has 42 heavy (non-hydrogen) atoms. The van der Waals surface area contributed by atoms with E-state index in [1.165, 1.54) is 0 Å².